The van der Waals surface area contributed by atoms with Crippen molar-refractivity contribution in [3.8, 4) is 0 Å². The Kier molecular flexibility index (Phi) is 4.82. The highest BCUT2D eigenvalue weighted by molar-refractivity contribution is 9.10. The molecule has 1 heterocycles. The summed E-state index contributed by atoms with van der Waals surface area (Å²) in [5, 5.41) is 7.58. The summed E-state index contributed by atoms with van der Waals surface area (Å²) in [4.78, 5) is 25.1. The molecule has 7 heteroatoms. The molecule has 0 unspecified atom stereocenters. The lowest BCUT2D eigenvalue weighted by molar-refractivity contribution is 0.0522. The zero-order valence-corrected chi connectivity index (χ0v) is 16.2. The highest BCUT2D eigenvalue weighted by atomic mass is 79.9. The van der Waals surface area contributed by atoms with E-state index in [4.69, 9.17) is 4.74 Å². The number of halogens is 1. The Morgan fingerprint density at radius 3 is 2.38 bits per heavy atom. The highest BCUT2D eigenvalue weighted by Gasteiger charge is 2.24. The number of rotatable bonds is 2. The Morgan fingerprint density at radius 1 is 1.08 bits per heavy atom. The third-order valence-corrected chi connectivity index (χ3v) is 4.00. The largest absolute Gasteiger partial charge is 0.442 e. The summed E-state index contributed by atoms with van der Waals surface area (Å²) in [7, 11) is 0. The smallest absolute Gasteiger partial charge is 0.435 e. The van der Waals surface area contributed by atoms with Crippen LogP contribution >= 0.6 is 15.9 Å². The zero-order valence-electron chi connectivity index (χ0n) is 14.6. The number of aromatic nitrogens is 2. The first kappa shape index (κ1) is 18.1. The van der Waals surface area contributed by atoms with Crippen LogP contribution in [0.1, 0.15) is 31.3 Å². The number of carbonyl (C=O) groups excluding carboxylic acids is 2. The van der Waals surface area contributed by atoms with Gasteiger partial charge in [0.25, 0.3) is 5.91 Å². The molecular formula is C19H18BrN3O3. The predicted octanol–water partition coefficient (Wildman–Crippen LogP) is 4.83. The van der Waals surface area contributed by atoms with E-state index in [0.717, 1.165) is 9.15 Å². The monoisotopic (exact) mass is 415 g/mol. The van der Waals surface area contributed by atoms with Crippen molar-refractivity contribution in [2.45, 2.75) is 26.4 Å². The Balaban J connectivity index is 1.97. The Hall–Kier alpha value is -2.67. The van der Waals surface area contributed by atoms with Gasteiger partial charge in [-0.3, -0.25) is 4.79 Å². The van der Waals surface area contributed by atoms with Gasteiger partial charge in [0.05, 0.1) is 5.52 Å². The molecule has 0 spiro atoms. The van der Waals surface area contributed by atoms with Gasteiger partial charge in [-0.2, -0.15) is 9.78 Å². The summed E-state index contributed by atoms with van der Waals surface area (Å²) in [6, 6.07) is 14.2. The number of para-hydroxylation sites is 1. The van der Waals surface area contributed by atoms with Gasteiger partial charge >= 0.3 is 6.09 Å². The number of carbonyl (C=O) groups is 2. The van der Waals surface area contributed by atoms with Gasteiger partial charge in [0.15, 0.2) is 5.69 Å². The first-order valence-electron chi connectivity index (χ1n) is 8.03. The van der Waals surface area contributed by atoms with E-state index in [2.05, 4.69) is 26.3 Å². The number of nitrogens with one attached hydrogen (secondary N) is 1. The molecule has 134 valence electrons. The maximum atomic E-state index is 12.7. The minimum absolute atomic E-state index is 0.161. The molecule has 3 rings (SSSR count). The maximum Gasteiger partial charge on any atom is 0.435 e. The van der Waals surface area contributed by atoms with Crippen molar-refractivity contribution < 1.29 is 14.3 Å². The number of nitrogens with zero attached hydrogens (tertiary/aromatic N) is 2. The number of hydrogen-bond acceptors (Lipinski definition) is 4. The number of ether oxygens (including phenoxy) is 1. The second-order valence-corrected chi connectivity index (χ2v) is 7.63. The average molecular weight is 416 g/mol. The van der Waals surface area contributed by atoms with Crippen molar-refractivity contribution in [2.24, 2.45) is 0 Å². The fourth-order valence-corrected chi connectivity index (χ4v) is 2.67. The molecule has 0 atom stereocenters. The van der Waals surface area contributed by atoms with E-state index in [-0.39, 0.29) is 5.69 Å². The molecule has 1 N–H and O–H groups in total. The minimum Gasteiger partial charge on any atom is -0.442 e. The van der Waals surface area contributed by atoms with E-state index in [9.17, 15) is 9.59 Å². The SMILES string of the molecule is CC(C)(C)OC(=O)n1nc(C(=O)Nc2ccc(Br)cc2)c2ccccc21. The molecule has 0 aliphatic heterocycles. The lowest BCUT2D eigenvalue weighted by Crippen LogP contribution is -2.28. The standard InChI is InChI=1S/C19H18BrN3O3/c1-19(2,3)26-18(25)23-15-7-5-4-6-14(15)16(22-23)17(24)21-13-10-8-12(20)9-11-13/h4-11H,1-3H3,(H,21,24). The molecule has 0 aliphatic carbocycles. The van der Waals surface area contributed by atoms with Gasteiger partial charge in [0, 0.05) is 15.5 Å². The van der Waals surface area contributed by atoms with Gasteiger partial charge in [-0.1, -0.05) is 34.1 Å². The molecule has 0 fully saturated rings. The summed E-state index contributed by atoms with van der Waals surface area (Å²) in [6.45, 7) is 5.33. The van der Waals surface area contributed by atoms with Crippen LogP contribution in [0, 0.1) is 0 Å². The summed E-state index contributed by atoms with van der Waals surface area (Å²) in [5.41, 5.74) is 0.649. The van der Waals surface area contributed by atoms with Gasteiger partial charge in [0.2, 0.25) is 0 Å². The van der Waals surface area contributed by atoms with E-state index in [0.29, 0.717) is 16.6 Å². The van der Waals surface area contributed by atoms with Gasteiger partial charge < -0.3 is 10.1 Å². The molecule has 2 aromatic carbocycles. The Bertz CT molecular complexity index is 972. The van der Waals surface area contributed by atoms with E-state index in [1.54, 1.807) is 57.2 Å². The van der Waals surface area contributed by atoms with Crippen LogP contribution in [-0.4, -0.2) is 27.4 Å². The van der Waals surface area contributed by atoms with Gasteiger partial charge in [-0.15, -0.1) is 0 Å². The maximum absolute atomic E-state index is 12.7. The molecule has 0 aliphatic rings. The molecule has 1 amide bonds. The van der Waals surface area contributed by atoms with Crippen molar-refractivity contribution in [3.05, 3.63) is 58.7 Å². The first-order chi connectivity index (χ1) is 12.2. The van der Waals surface area contributed by atoms with Crippen LogP contribution in [0.2, 0.25) is 0 Å². The van der Waals surface area contributed by atoms with Crippen molar-refractivity contribution in [1.82, 2.24) is 9.78 Å². The number of amides is 1. The summed E-state index contributed by atoms with van der Waals surface area (Å²) < 4.78 is 7.42. The van der Waals surface area contributed by atoms with E-state index >= 15 is 0 Å². The summed E-state index contributed by atoms with van der Waals surface area (Å²) in [6.07, 6.45) is -0.628. The molecule has 6 nitrogen and oxygen atoms in total. The summed E-state index contributed by atoms with van der Waals surface area (Å²) in [5.74, 6) is -0.397. The van der Waals surface area contributed by atoms with E-state index in [1.165, 1.54) is 0 Å². The van der Waals surface area contributed by atoms with Crippen LogP contribution in [0.5, 0.6) is 0 Å². The Labute approximate surface area is 159 Å². The molecule has 0 radical (unpaired) electrons. The van der Waals surface area contributed by atoms with E-state index in [1.807, 2.05) is 12.1 Å². The van der Waals surface area contributed by atoms with Gasteiger partial charge in [-0.25, -0.2) is 4.79 Å². The fourth-order valence-electron chi connectivity index (χ4n) is 2.40. The Morgan fingerprint density at radius 2 is 1.73 bits per heavy atom. The molecule has 0 saturated heterocycles. The van der Waals surface area contributed by atoms with Crippen molar-refractivity contribution in [3.63, 3.8) is 0 Å². The van der Waals surface area contributed by atoms with Crippen LogP contribution in [0.15, 0.2) is 53.0 Å². The van der Waals surface area contributed by atoms with Crippen LogP contribution in [-0.2, 0) is 4.74 Å². The molecule has 3 aromatic rings. The molecule has 0 bridgehead atoms. The number of fused-ring (bicyclic) bond motifs is 1. The van der Waals surface area contributed by atoms with E-state index < -0.39 is 17.6 Å². The van der Waals surface area contributed by atoms with Crippen LogP contribution in [0.4, 0.5) is 10.5 Å². The second-order valence-electron chi connectivity index (χ2n) is 6.72. The van der Waals surface area contributed by atoms with Crippen LogP contribution in [0.25, 0.3) is 10.9 Å². The number of anilines is 1. The lowest BCUT2D eigenvalue weighted by Gasteiger charge is -2.19. The van der Waals surface area contributed by atoms with Crippen molar-refractivity contribution >= 4 is 44.5 Å². The summed E-state index contributed by atoms with van der Waals surface area (Å²) >= 11 is 3.35. The van der Waals surface area contributed by atoms with Crippen LogP contribution in [0.3, 0.4) is 0 Å². The zero-order chi connectivity index (χ0) is 18.9. The minimum atomic E-state index is -0.663. The molecule has 0 saturated carbocycles. The highest BCUT2D eigenvalue weighted by Crippen LogP contribution is 2.22. The predicted molar refractivity (Wildman–Crippen MR) is 103 cm³/mol. The van der Waals surface area contributed by atoms with Crippen molar-refractivity contribution in [2.75, 3.05) is 5.32 Å². The van der Waals surface area contributed by atoms with Gasteiger partial charge in [0.1, 0.15) is 5.60 Å². The van der Waals surface area contributed by atoms with Crippen molar-refractivity contribution in [1.29, 1.82) is 0 Å². The quantitative estimate of drug-likeness (QED) is 0.649. The fraction of sp³-hybridized carbons (Fsp3) is 0.211. The molecule has 26 heavy (non-hydrogen) atoms. The lowest BCUT2D eigenvalue weighted by atomic mass is 10.2. The van der Waals surface area contributed by atoms with Gasteiger partial charge in [-0.05, 0) is 51.1 Å². The third-order valence-electron chi connectivity index (χ3n) is 3.47. The number of hydrogen-bond donors (Lipinski definition) is 1. The third kappa shape index (κ3) is 3.94. The molecular weight excluding hydrogens is 398 g/mol. The number of benzene rings is 2. The second kappa shape index (κ2) is 6.92. The first-order valence-corrected chi connectivity index (χ1v) is 8.82. The topological polar surface area (TPSA) is 73.2 Å². The normalized spacial score (nSPS) is 11.4. The average Bonchev–Trinajstić information content (AvgIpc) is 2.95. The van der Waals surface area contributed by atoms with Crippen LogP contribution < -0.4 is 5.32 Å². The molecule has 1 aromatic heterocycles.